The van der Waals surface area contributed by atoms with Crippen molar-refractivity contribution in [3.63, 3.8) is 0 Å². The molecule has 25 heavy (non-hydrogen) atoms. The van der Waals surface area contributed by atoms with Crippen LogP contribution in [-0.2, 0) is 4.74 Å². The number of aromatic nitrogens is 2. The Morgan fingerprint density at radius 3 is 2.64 bits per heavy atom. The minimum atomic E-state index is -0.390. The fraction of sp³-hybridized carbons (Fsp3) is 0.611. The van der Waals surface area contributed by atoms with E-state index in [1.807, 2.05) is 32.2 Å². The predicted octanol–water partition coefficient (Wildman–Crippen LogP) is 4.75. The van der Waals surface area contributed by atoms with Crippen LogP contribution in [0.4, 0.5) is 10.7 Å². The van der Waals surface area contributed by atoms with E-state index in [1.165, 1.54) is 19.3 Å². The molecule has 0 atom stereocenters. The van der Waals surface area contributed by atoms with E-state index in [0.717, 1.165) is 23.1 Å². The Hall–Kier alpha value is -1.89. The number of carbonyl (C=O) groups excluding carboxylic acids is 1. The maximum absolute atomic E-state index is 11.4. The lowest BCUT2D eigenvalue weighted by Gasteiger charge is -2.25. The molecule has 0 aliphatic heterocycles. The van der Waals surface area contributed by atoms with Gasteiger partial charge in [0, 0.05) is 17.6 Å². The Labute approximate surface area is 154 Å². The number of alkyl carbamates (subject to hydrolysis) is 1. The van der Waals surface area contributed by atoms with Gasteiger partial charge in [-0.3, -0.25) is 0 Å². The summed E-state index contributed by atoms with van der Waals surface area (Å²) >= 11 is 1.57. The van der Waals surface area contributed by atoms with Crippen LogP contribution in [0.1, 0.15) is 60.3 Å². The molecule has 1 amide bonds. The molecule has 2 heterocycles. The highest BCUT2D eigenvalue weighted by molar-refractivity contribution is 7.16. The van der Waals surface area contributed by atoms with Crippen LogP contribution in [0.3, 0.4) is 0 Å². The van der Waals surface area contributed by atoms with Crippen molar-refractivity contribution in [3.05, 3.63) is 17.6 Å². The Morgan fingerprint density at radius 1 is 1.32 bits per heavy atom. The van der Waals surface area contributed by atoms with E-state index < -0.39 is 5.60 Å². The monoisotopic (exact) mass is 366 g/mol. The van der Waals surface area contributed by atoms with Crippen LogP contribution in [-0.4, -0.2) is 27.7 Å². The fourth-order valence-electron chi connectivity index (χ4n) is 2.49. The molecular weight excluding hydrogens is 336 g/mol. The summed E-state index contributed by atoms with van der Waals surface area (Å²) in [5.74, 6) is 0.343. The van der Waals surface area contributed by atoms with Gasteiger partial charge in [0.15, 0.2) is 0 Å². The molecule has 0 aromatic carbocycles. The van der Waals surface area contributed by atoms with Crippen molar-refractivity contribution in [2.75, 3.05) is 5.73 Å². The average Bonchev–Trinajstić information content (AvgIpc) is 2.94. The second kappa shape index (κ2) is 9.56. The average molecular weight is 367 g/mol. The van der Waals surface area contributed by atoms with Gasteiger partial charge < -0.3 is 15.8 Å². The van der Waals surface area contributed by atoms with E-state index in [2.05, 4.69) is 15.3 Å². The topological polar surface area (TPSA) is 90.1 Å². The van der Waals surface area contributed by atoms with E-state index in [-0.39, 0.29) is 13.5 Å². The maximum atomic E-state index is 11.4. The minimum absolute atomic E-state index is 0. The number of hydrogen-bond acceptors (Lipinski definition) is 6. The first-order valence-electron chi connectivity index (χ1n) is 8.29. The first kappa shape index (κ1) is 21.2. The van der Waals surface area contributed by atoms with Crippen molar-refractivity contribution in [1.29, 1.82) is 0 Å². The standard InChI is InChI=1S/C11H21NO2.C6H5N3S.CH4/c1-11(2,3)14-10(13)12-9-7-5-4-6-8-9;7-6-8-3-4-1-2-10-5(4)9-6;/h9H,4-8H2,1-3H3,(H,12,13);1-3H,(H2,7,8,9);1H4. The molecule has 7 heteroatoms. The Bertz CT molecular complexity index is 660. The first-order valence-corrected chi connectivity index (χ1v) is 9.17. The molecular formula is C18H30N4O2S. The van der Waals surface area contributed by atoms with Crippen LogP contribution >= 0.6 is 11.3 Å². The molecule has 1 saturated carbocycles. The zero-order valence-electron chi connectivity index (χ0n) is 14.5. The molecule has 1 aliphatic rings. The summed E-state index contributed by atoms with van der Waals surface area (Å²) in [5, 5.41) is 5.94. The molecule has 6 nitrogen and oxygen atoms in total. The van der Waals surface area contributed by atoms with E-state index in [1.54, 1.807) is 17.5 Å². The molecule has 0 bridgehead atoms. The summed E-state index contributed by atoms with van der Waals surface area (Å²) in [6.07, 6.45) is 7.39. The van der Waals surface area contributed by atoms with E-state index in [9.17, 15) is 4.79 Å². The summed E-state index contributed by atoms with van der Waals surface area (Å²) in [6, 6.07) is 2.30. The first-order chi connectivity index (χ1) is 11.3. The summed E-state index contributed by atoms with van der Waals surface area (Å²) in [7, 11) is 0. The van der Waals surface area contributed by atoms with E-state index in [0.29, 0.717) is 12.0 Å². The normalized spacial score (nSPS) is 14.8. The Kier molecular flexibility index (Phi) is 8.09. The number of carbonyl (C=O) groups is 1. The molecule has 1 fully saturated rings. The van der Waals surface area contributed by atoms with Crippen molar-refractivity contribution in [2.45, 2.75) is 71.9 Å². The number of rotatable bonds is 1. The van der Waals surface area contributed by atoms with Crippen LogP contribution in [0.5, 0.6) is 0 Å². The van der Waals surface area contributed by atoms with Gasteiger partial charge >= 0.3 is 6.09 Å². The lowest BCUT2D eigenvalue weighted by molar-refractivity contribution is 0.0493. The van der Waals surface area contributed by atoms with Gasteiger partial charge in [0.1, 0.15) is 10.4 Å². The summed E-state index contributed by atoms with van der Waals surface area (Å²) in [6.45, 7) is 5.65. The minimum Gasteiger partial charge on any atom is -0.444 e. The number of nitrogens with zero attached hydrogens (tertiary/aromatic N) is 2. The molecule has 2 aromatic heterocycles. The van der Waals surface area contributed by atoms with Gasteiger partial charge in [-0.05, 0) is 45.1 Å². The zero-order chi connectivity index (χ0) is 17.6. The van der Waals surface area contributed by atoms with Crippen molar-refractivity contribution in [2.24, 2.45) is 0 Å². The van der Waals surface area contributed by atoms with Crippen LogP contribution in [0.2, 0.25) is 0 Å². The molecule has 0 saturated heterocycles. The third-order valence-electron chi connectivity index (χ3n) is 3.55. The van der Waals surface area contributed by atoms with Crippen molar-refractivity contribution < 1.29 is 9.53 Å². The third-order valence-corrected chi connectivity index (χ3v) is 4.37. The largest absolute Gasteiger partial charge is 0.444 e. The van der Waals surface area contributed by atoms with E-state index in [4.69, 9.17) is 10.5 Å². The Balaban J connectivity index is 0.000000251. The summed E-state index contributed by atoms with van der Waals surface area (Å²) in [5.41, 5.74) is 4.98. The molecule has 0 unspecified atom stereocenters. The maximum Gasteiger partial charge on any atom is 0.407 e. The molecule has 2 aromatic rings. The van der Waals surface area contributed by atoms with Crippen LogP contribution in [0, 0.1) is 0 Å². The van der Waals surface area contributed by atoms with Gasteiger partial charge in [0.25, 0.3) is 0 Å². The van der Waals surface area contributed by atoms with Crippen molar-refractivity contribution >= 4 is 33.6 Å². The molecule has 3 rings (SSSR count). The predicted molar refractivity (Wildman–Crippen MR) is 105 cm³/mol. The number of hydrogen-bond donors (Lipinski definition) is 2. The van der Waals surface area contributed by atoms with Crippen molar-refractivity contribution in [3.8, 4) is 0 Å². The quantitative estimate of drug-likeness (QED) is 0.760. The lowest BCUT2D eigenvalue weighted by Crippen LogP contribution is -2.39. The molecule has 0 spiro atoms. The second-order valence-corrected chi connectivity index (χ2v) is 7.79. The SMILES string of the molecule is C.CC(C)(C)OC(=O)NC1CCCCC1.Nc1ncc2ccsc2n1. The number of amides is 1. The number of ether oxygens (including phenoxy) is 1. The summed E-state index contributed by atoms with van der Waals surface area (Å²) in [4.78, 5) is 20.2. The summed E-state index contributed by atoms with van der Waals surface area (Å²) < 4.78 is 5.19. The highest BCUT2D eigenvalue weighted by Crippen LogP contribution is 2.18. The van der Waals surface area contributed by atoms with Gasteiger partial charge in [-0.1, -0.05) is 26.7 Å². The number of nitrogens with one attached hydrogen (secondary N) is 1. The zero-order valence-corrected chi connectivity index (χ0v) is 15.4. The number of fused-ring (bicyclic) bond motifs is 1. The molecule has 140 valence electrons. The van der Waals surface area contributed by atoms with Gasteiger partial charge in [-0.25, -0.2) is 14.8 Å². The van der Waals surface area contributed by atoms with Crippen LogP contribution < -0.4 is 11.1 Å². The number of nitrogen functional groups attached to an aromatic ring is 1. The molecule has 3 N–H and O–H groups in total. The Morgan fingerprint density at radius 2 is 2.00 bits per heavy atom. The molecule has 0 radical (unpaired) electrons. The van der Waals surface area contributed by atoms with Crippen LogP contribution in [0.25, 0.3) is 10.2 Å². The number of nitrogens with two attached hydrogens (primary N) is 1. The van der Waals surface area contributed by atoms with Gasteiger partial charge in [-0.15, -0.1) is 11.3 Å². The fourth-order valence-corrected chi connectivity index (χ4v) is 3.24. The number of thiophene rings is 1. The van der Waals surface area contributed by atoms with Gasteiger partial charge in [0.05, 0.1) is 0 Å². The second-order valence-electron chi connectivity index (χ2n) is 6.89. The third kappa shape index (κ3) is 7.69. The van der Waals surface area contributed by atoms with Gasteiger partial charge in [-0.2, -0.15) is 0 Å². The highest BCUT2D eigenvalue weighted by Gasteiger charge is 2.20. The van der Waals surface area contributed by atoms with Gasteiger partial charge in [0.2, 0.25) is 5.95 Å². The number of anilines is 1. The van der Waals surface area contributed by atoms with Crippen LogP contribution in [0.15, 0.2) is 17.6 Å². The molecule has 1 aliphatic carbocycles. The lowest BCUT2D eigenvalue weighted by atomic mass is 9.96. The highest BCUT2D eigenvalue weighted by atomic mass is 32.1. The smallest absolute Gasteiger partial charge is 0.407 e. The van der Waals surface area contributed by atoms with E-state index >= 15 is 0 Å². The van der Waals surface area contributed by atoms with Crippen molar-refractivity contribution in [1.82, 2.24) is 15.3 Å².